The standard InChI is InChI=1S/C21H18N2O3/c24-18-11-15-3-1-2-4-17(15)19(18)23-21(26)14-7-5-13(6-8-14)20(25)16-9-10-22-12-16/h1-10,12,18-19,22,24H,11H2,(H,23,26). The fraction of sp³-hybridized carbons (Fsp3) is 0.143. The van der Waals surface area contributed by atoms with Crippen molar-refractivity contribution in [3.63, 3.8) is 0 Å². The molecule has 0 fully saturated rings. The van der Waals surface area contributed by atoms with Gasteiger partial charge in [-0.15, -0.1) is 0 Å². The number of nitrogens with one attached hydrogen (secondary N) is 2. The minimum atomic E-state index is -0.634. The molecule has 0 aliphatic heterocycles. The normalized spacial score (nSPS) is 18.3. The van der Waals surface area contributed by atoms with Crippen molar-refractivity contribution < 1.29 is 14.7 Å². The van der Waals surface area contributed by atoms with Crippen molar-refractivity contribution >= 4 is 11.7 Å². The third-order valence-corrected chi connectivity index (χ3v) is 4.76. The summed E-state index contributed by atoms with van der Waals surface area (Å²) in [6.45, 7) is 0. The summed E-state index contributed by atoms with van der Waals surface area (Å²) in [5.41, 5.74) is 3.55. The summed E-state index contributed by atoms with van der Waals surface area (Å²) in [5.74, 6) is -0.371. The first-order chi connectivity index (χ1) is 12.6. The summed E-state index contributed by atoms with van der Waals surface area (Å²) >= 11 is 0. The van der Waals surface area contributed by atoms with Crippen molar-refractivity contribution in [2.45, 2.75) is 18.6 Å². The van der Waals surface area contributed by atoms with Crippen LogP contribution in [0.2, 0.25) is 0 Å². The van der Waals surface area contributed by atoms with E-state index in [1.165, 1.54) is 0 Å². The smallest absolute Gasteiger partial charge is 0.251 e. The van der Waals surface area contributed by atoms with Crippen LogP contribution in [0.5, 0.6) is 0 Å². The maximum Gasteiger partial charge on any atom is 0.251 e. The highest BCUT2D eigenvalue weighted by molar-refractivity contribution is 6.09. The molecule has 0 saturated heterocycles. The second-order valence-electron chi connectivity index (χ2n) is 6.43. The number of fused-ring (bicyclic) bond motifs is 1. The zero-order chi connectivity index (χ0) is 18.1. The zero-order valence-corrected chi connectivity index (χ0v) is 14.0. The number of rotatable bonds is 4. The molecule has 0 spiro atoms. The number of hydrogen-bond acceptors (Lipinski definition) is 3. The average molecular weight is 346 g/mol. The van der Waals surface area contributed by atoms with Crippen LogP contribution in [0.4, 0.5) is 0 Å². The van der Waals surface area contributed by atoms with Crippen LogP contribution in [0.1, 0.15) is 43.4 Å². The lowest BCUT2D eigenvalue weighted by Crippen LogP contribution is -2.33. The van der Waals surface area contributed by atoms with E-state index in [-0.39, 0.29) is 11.7 Å². The van der Waals surface area contributed by atoms with Gasteiger partial charge in [-0.3, -0.25) is 9.59 Å². The Bertz CT molecular complexity index is 946. The van der Waals surface area contributed by atoms with E-state index in [0.717, 1.165) is 11.1 Å². The fourth-order valence-electron chi connectivity index (χ4n) is 3.38. The van der Waals surface area contributed by atoms with Crippen molar-refractivity contribution in [3.05, 3.63) is 94.8 Å². The Morgan fingerprint density at radius 1 is 0.962 bits per heavy atom. The maximum atomic E-state index is 12.6. The Hall–Kier alpha value is -3.18. The summed E-state index contributed by atoms with van der Waals surface area (Å²) in [6, 6.07) is 15.5. The predicted molar refractivity (Wildman–Crippen MR) is 97.0 cm³/mol. The van der Waals surface area contributed by atoms with E-state index < -0.39 is 12.1 Å². The Morgan fingerprint density at radius 3 is 2.42 bits per heavy atom. The maximum absolute atomic E-state index is 12.6. The molecule has 0 saturated carbocycles. The molecule has 1 amide bonds. The highest BCUT2D eigenvalue weighted by atomic mass is 16.3. The molecule has 0 bridgehead atoms. The van der Waals surface area contributed by atoms with Gasteiger partial charge >= 0.3 is 0 Å². The highest BCUT2D eigenvalue weighted by Gasteiger charge is 2.32. The van der Waals surface area contributed by atoms with Crippen molar-refractivity contribution in [2.24, 2.45) is 0 Å². The van der Waals surface area contributed by atoms with E-state index in [9.17, 15) is 14.7 Å². The van der Waals surface area contributed by atoms with Gasteiger partial charge in [0.15, 0.2) is 5.78 Å². The Balaban J connectivity index is 1.50. The quantitative estimate of drug-likeness (QED) is 0.635. The van der Waals surface area contributed by atoms with Crippen molar-refractivity contribution in [1.29, 1.82) is 0 Å². The number of H-pyrrole nitrogens is 1. The molecule has 1 aromatic heterocycles. The first kappa shape index (κ1) is 16.3. The molecule has 2 aromatic carbocycles. The average Bonchev–Trinajstić information content (AvgIpc) is 3.30. The summed E-state index contributed by atoms with van der Waals surface area (Å²) < 4.78 is 0. The third kappa shape index (κ3) is 2.93. The largest absolute Gasteiger partial charge is 0.390 e. The zero-order valence-electron chi connectivity index (χ0n) is 14.0. The van der Waals surface area contributed by atoms with E-state index in [0.29, 0.717) is 23.1 Å². The molecule has 26 heavy (non-hydrogen) atoms. The molecule has 1 heterocycles. The molecule has 0 radical (unpaired) electrons. The van der Waals surface area contributed by atoms with Crippen LogP contribution >= 0.6 is 0 Å². The van der Waals surface area contributed by atoms with Crippen LogP contribution in [-0.2, 0) is 6.42 Å². The van der Waals surface area contributed by atoms with Gasteiger partial charge in [0, 0.05) is 35.5 Å². The second-order valence-corrected chi connectivity index (χ2v) is 6.43. The molecule has 5 heteroatoms. The number of hydrogen-bond donors (Lipinski definition) is 3. The number of ketones is 1. The van der Waals surface area contributed by atoms with Gasteiger partial charge in [-0.05, 0) is 29.3 Å². The molecular formula is C21H18N2O3. The molecular weight excluding hydrogens is 328 g/mol. The SMILES string of the molecule is O=C(NC1c2ccccc2CC1O)c1ccc(C(=O)c2cc[nH]c2)cc1. The topological polar surface area (TPSA) is 82.2 Å². The molecule has 4 rings (SSSR count). The van der Waals surface area contributed by atoms with Gasteiger partial charge in [-0.1, -0.05) is 36.4 Å². The van der Waals surface area contributed by atoms with E-state index in [4.69, 9.17) is 0 Å². The molecule has 3 N–H and O–H groups in total. The van der Waals surface area contributed by atoms with Crippen LogP contribution in [0.15, 0.2) is 67.0 Å². The van der Waals surface area contributed by atoms with Crippen molar-refractivity contribution in [1.82, 2.24) is 10.3 Å². The Morgan fingerprint density at radius 2 is 1.69 bits per heavy atom. The van der Waals surface area contributed by atoms with Gasteiger partial charge in [0.1, 0.15) is 0 Å². The van der Waals surface area contributed by atoms with E-state index in [2.05, 4.69) is 10.3 Å². The summed E-state index contributed by atoms with van der Waals surface area (Å²) in [7, 11) is 0. The molecule has 2 unspecified atom stereocenters. The summed E-state index contributed by atoms with van der Waals surface area (Å²) in [4.78, 5) is 27.7. The van der Waals surface area contributed by atoms with Gasteiger partial charge < -0.3 is 15.4 Å². The number of aliphatic hydroxyl groups is 1. The van der Waals surface area contributed by atoms with E-state index in [1.807, 2.05) is 24.3 Å². The lowest BCUT2D eigenvalue weighted by molar-refractivity contribution is 0.0857. The Labute approximate surface area is 150 Å². The number of carbonyl (C=O) groups excluding carboxylic acids is 2. The Kier molecular flexibility index (Phi) is 4.14. The monoisotopic (exact) mass is 346 g/mol. The first-order valence-electron chi connectivity index (χ1n) is 8.48. The van der Waals surface area contributed by atoms with Crippen molar-refractivity contribution in [3.8, 4) is 0 Å². The van der Waals surface area contributed by atoms with Gasteiger partial charge in [-0.2, -0.15) is 0 Å². The number of benzene rings is 2. The molecule has 2 atom stereocenters. The van der Waals surface area contributed by atoms with Crippen LogP contribution < -0.4 is 5.32 Å². The van der Waals surface area contributed by atoms with Crippen LogP contribution in [0.3, 0.4) is 0 Å². The predicted octanol–water partition coefficient (Wildman–Crippen LogP) is 2.63. The molecule has 1 aliphatic rings. The van der Waals surface area contributed by atoms with E-state index >= 15 is 0 Å². The fourth-order valence-corrected chi connectivity index (χ4v) is 3.38. The third-order valence-electron chi connectivity index (χ3n) is 4.76. The minimum Gasteiger partial charge on any atom is -0.390 e. The second kappa shape index (κ2) is 6.61. The molecule has 1 aliphatic carbocycles. The lowest BCUT2D eigenvalue weighted by Gasteiger charge is -2.18. The summed E-state index contributed by atoms with van der Waals surface area (Å²) in [5, 5.41) is 13.2. The van der Waals surface area contributed by atoms with E-state index in [1.54, 1.807) is 42.7 Å². The molecule has 3 aromatic rings. The lowest BCUT2D eigenvalue weighted by atomic mass is 10.0. The van der Waals surface area contributed by atoms with Crippen molar-refractivity contribution in [2.75, 3.05) is 0 Å². The number of amides is 1. The first-order valence-corrected chi connectivity index (χ1v) is 8.48. The minimum absolute atomic E-state index is 0.0987. The van der Waals surface area contributed by atoms with Gasteiger partial charge in [0.2, 0.25) is 0 Å². The number of aromatic amines is 1. The highest BCUT2D eigenvalue weighted by Crippen LogP contribution is 2.31. The van der Waals surface area contributed by atoms with Crippen LogP contribution in [0.25, 0.3) is 0 Å². The number of carbonyl (C=O) groups is 2. The summed E-state index contributed by atoms with van der Waals surface area (Å²) in [6.07, 6.45) is 3.23. The van der Waals surface area contributed by atoms with Crippen LogP contribution in [0, 0.1) is 0 Å². The number of aliphatic hydroxyl groups excluding tert-OH is 1. The molecule has 5 nitrogen and oxygen atoms in total. The van der Waals surface area contributed by atoms with Crippen LogP contribution in [-0.4, -0.2) is 27.9 Å². The van der Waals surface area contributed by atoms with Gasteiger partial charge in [0.05, 0.1) is 12.1 Å². The van der Waals surface area contributed by atoms with Gasteiger partial charge in [-0.25, -0.2) is 0 Å². The molecule has 130 valence electrons. The number of aromatic nitrogens is 1. The van der Waals surface area contributed by atoms with Gasteiger partial charge in [0.25, 0.3) is 5.91 Å².